The lowest BCUT2D eigenvalue weighted by atomic mass is 10.0. The van der Waals surface area contributed by atoms with Crippen LogP contribution in [-0.2, 0) is 13.2 Å². The zero-order valence-corrected chi connectivity index (χ0v) is 15.9. The van der Waals surface area contributed by atoms with E-state index in [0.717, 1.165) is 17.7 Å². The molecule has 3 rings (SSSR count). The van der Waals surface area contributed by atoms with Gasteiger partial charge in [0.15, 0.2) is 5.16 Å². The zero-order chi connectivity index (χ0) is 20.3. The number of aromatic nitrogens is 3. The number of rotatable bonds is 4. The lowest BCUT2D eigenvalue weighted by Crippen LogP contribution is -2.23. The van der Waals surface area contributed by atoms with Crippen LogP contribution in [0.5, 0.6) is 0 Å². The summed E-state index contributed by atoms with van der Waals surface area (Å²) in [6.45, 7) is 0. The van der Waals surface area contributed by atoms with Gasteiger partial charge in [-0.25, -0.2) is 4.98 Å². The van der Waals surface area contributed by atoms with Crippen molar-refractivity contribution in [3.8, 4) is 11.1 Å². The van der Waals surface area contributed by atoms with Crippen LogP contribution in [0.25, 0.3) is 23.3 Å². The van der Waals surface area contributed by atoms with Gasteiger partial charge in [-0.05, 0) is 41.7 Å². The molecule has 4 nitrogen and oxygen atoms in total. The van der Waals surface area contributed by atoms with E-state index in [9.17, 15) is 18.0 Å². The number of pyridine rings is 1. The Bertz CT molecular complexity index is 1060. The first kappa shape index (κ1) is 19.9. The molecular weight excluding hydrogens is 387 g/mol. The van der Waals surface area contributed by atoms with E-state index < -0.39 is 11.7 Å². The Hall–Kier alpha value is -2.87. The molecule has 0 fully saturated rings. The molecule has 1 aromatic carbocycles. The molecule has 0 atom stereocenters. The highest BCUT2D eigenvalue weighted by molar-refractivity contribution is 7.98. The molecule has 0 saturated carbocycles. The molecule has 0 radical (unpaired) electrons. The van der Waals surface area contributed by atoms with E-state index in [-0.39, 0.29) is 11.1 Å². The molecule has 0 spiro atoms. The van der Waals surface area contributed by atoms with E-state index in [1.54, 1.807) is 43.9 Å². The van der Waals surface area contributed by atoms with E-state index in [2.05, 4.69) is 9.97 Å². The molecule has 8 heteroatoms. The van der Waals surface area contributed by atoms with Gasteiger partial charge in [-0.1, -0.05) is 36.0 Å². The fourth-order valence-corrected chi connectivity index (χ4v) is 3.19. The van der Waals surface area contributed by atoms with E-state index in [4.69, 9.17) is 0 Å². The van der Waals surface area contributed by atoms with Gasteiger partial charge in [0.2, 0.25) is 0 Å². The Balaban J connectivity index is 2.15. The Morgan fingerprint density at radius 1 is 1.11 bits per heavy atom. The van der Waals surface area contributed by atoms with Crippen LogP contribution < -0.4 is 5.56 Å². The monoisotopic (exact) mass is 403 g/mol. The Morgan fingerprint density at radius 2 is 1.82 bits per heavy atom. The van der Waals surface area contributed by atoms with Crippen LogP contribution in [0.3, 0.4) is 0 Å². The molecule has 0 aliphatic rings. The van der Waals surface area contributed by atoms with Crippen LogP contribution in [-0.4, -0.2) is 20.8 Å². The highest BCUT2D eigenvalue weighted by atomic mass is 32.2. The SMILES string of the molecule is CSc1nc(/C=C/c2cccnc2)c(-c2ccc(C(F)(F)F)cc2)c(=O)n1C. The van der Waals surface area contributed by atoms with E-state index in [1.165, 1.54) is 28.5 Å². The summed E-state index contributed by atoms with van der Waals surface area (Å²) in [5.74, 6) is 0. The molecule has 2 aromatic heterocycles. The van der Waals surface area contributed by atoms with Crippen LogP contribution in [0.4, 0.5) is 13.2 Å². The summed E-state index contributed by atoms with van der Waals surface area (Å²) in [5.41, 5.74) is 0.720. The average molecular weight is 403 g/mol. The minimum atomic E-state index is -4.44. The standard InChI is InChI=1S/C20H16F3N3OS/c1-26-18(27)17(14-6-8-15(9-7-14)20(21,22)23)16(25-19(26)28-2)10-5-13-4-3-11-24-12-13/h3-12H,1-2H3/b10-5+. The first-order valence-electron chi connectivity index (χ1n) is 8.22. The van der Waals surface area contributed by atoms with Crippen LogP contribution in [0.1, 0.15) is 16.8 Å². The van der Waals surface area contributed by atoms with Crippen molar-refractivity contribution in [1.29, 1.82) is 0 Å². The summed E-state index contributed by atoms with van der Waals surface area (Å²) < 4.78 is 39.9. The smallest absolute Gasteiger partial charge is 0.290 e. The number of halogens is 3. The molecule has 28 heavy (non-hydrogen) atoms. The minimum Gasteiger partial charge on any atom is -0.290 e. The fourth-order valence-electron chi connectivity index (χ4n) is 2.65. The van der Waals surface area contributed by atoms with Gasteiger partial charge in [-0.3, -0.25) is 14.3 Å². The number of thioether (sulfide) groups is 1. The van der Waals surface area contributed by atoms with Gasteiger partial charge in [0.25, 0.3) is 5.56 Å². The largest absolute Gasteiger partial charge is 0.416 e. The average Bonchev–Trinajstić information content (AvgIpc) is 2.69. The van der Waals surface area contributed by atoms with Crippen LogP contribution in [0.2, 0.25) is 0 Å². The highest BCUT2D eigenvalue weighted by Gasteiger charge is 2.30. The number of hydrogen-bond acceptors (Lipinski definition) is 4. The van der Waals surface area contributed by atoms with E-state index in [0.29, 0.717) is 16.4 Å². The van der Waals surface area contributed by atoms with Gasteiger partial charge >= 0.3 is 6.18 Å². The van der Waals surface area contributed by atoms with Crippen LogP contribution >= 0.6 is 11.8 Å². The Morgan fingerprint density at radius 3 is 2.39 bits per heavy atom. The van der Waals surface area contributed by atoms with Crippen molar-refractivity contribution in [2.45, 2.75) is 11.3 Å². The van der Waals surface area contributed by atoms with Crippen LogP contribution in [0.15, 0.2) is 58.7 Å². The first-order valence-corrected chi connectivity index (χ1v) is 9.44. The first-order chi connectivity index (χ1) is 13.3. The summed E-state index contributed by atoms with van der Waals surface area (Å²) in [6, 6.07) is 8.14. The Kier molecular flexibility index (Phi) is 5.69. The van der Waals surface area contributed by atoms with Crippen LogP contribution in [0, 0.1) is 0 Å². The van der Waals surface area contributed by atoms with Crippen molar-refractivity contribution >= 4 is 23.9 Å². The van der Waals surface area contributed by atoms with Gasteiger partial charge in [-0.2, -0.15) is 13.2 Å². The van der Waals surface area contributed by atoms with Crippen molar-refractivity contribution in [3.05, 3.63) is 76.0 Å². The molecule has 2 heterocycles. The third-order valence-corrected chi connectivity index (χ3v) is 4.81. The molecule has 144 valence electrons. The van der Waals surface area contributed by atoms with Gasteiger partial charge < -0.3 is 0 Å². The topological polar surface area (TPSA) is 47.8 Å². The van der Waals surface area contributed by atoms with Crippen molar-refractivity contribution in [1.82, 2.24) is 14.5 Å². The summed E-state index contributed by atoms with van der Waals surface area (Å²) in [7, 11) is 1.59. The van der Waals surface area contributed by atoms with Gasteiger partial charge in [0.05, 0.1) is 16.8 Å². The number of nitrogens with zero attached hydrogens (tertiary/aromatic N) is 3. The van der Waals surface area contributed by atoms with Gasteiger partial charge in [0.1, 0.15) is 0 Å². The molecule has 0 unspecified atom stereocenters. The van der Waals surface area contributed by atoms with Gasteiger partial charge in [0, 0.05) is 19.4 Å². The normalized spacial score (nSPS) is 11.9. The van der Waals surface area contributed by atoms with Crippen molar-refractivity contribution in [2.24, 2.45) is 7.05 Å². The molecular formula is C20H16F3N3OS. The quantitative estimate of drug-likeness (QED) is 0.466. The van der Waals surface area contributed by atoms with Crippen molar-refractivity contribution in [3.63, 3.8) is 0 Å². The fraction of sp³-hybridized carbons (Fsp3) is 0.150. The lowest BCUT2D eigenvalue weighted by Gasteiger charge is -2.12. The number of benzene rings is 1. The minimum absolute atomic E-state index is 0.245. The summed E-state index contributed by atoms with van der Waals surface area (Å²) in [4.78, 5) is 21.4. The molecule has 0 aliphatic carbocycles. The maximum Gasteiger partial charge on any atom is 0.416 e. The number of hydrogen-bond donors (Lipinski definition) is 0. The predicted octanol–water partition coefficient (Wildman–Crippen LogP) is 4.75. The second-order valence-electron chi connectivity index (χ2n) is 5.92. The maximum absolute atomic E-state index is 12.9. The number of alkyl halides is 3. The van der Waals surface area contributed by atoms with E-state index >= 15 is 0 Å². The molecule has 0 bridgehead atoms. The van der Waals surface area contributed by atoms with Gasteiger partial charge in [-0.15, -0.1) is 0 Å². The third kappa shape index (κ3) is 4.17. The summed E-state index contributed by atoms with van der Waals surface area (Å²) >= 11 is 1.31. The van der Waals surface area contributed by atoms with Crippen molar-refractivity contribution in [2.75, 3.05) is 6.26 Å². The molecule has 0 amide bonds. The molecule has 3 aromatic rings. The maximum atomic E-state index is 12.9. The second-order valence-corrected chi connectivity index (χ2v) is 6.69. The third-order valence-electron chi connectivity index (χ3n) is 4.08. The molecule has 0 aliphatic heterocycles. The summed E-state index contributed by atoms with van der Waals surface area (Å²) in [6.07, 6.45) is 4.09. The molecule has 0 saturated heterocycles. The molecule has 0 N–H and O–H groups in total. The summed E-state index contributed by atoms with van der Waals surface area (Å²) in [5, 5.41) is 0.506. The van der Waals surface area contributed by atoms with Crippen molar-refractivity contribution < 1.29 is 13.2 Å². The Labute approximate surface area is 163 Å². The zero-order valence-electron chi connectivity index (χ0n) is 15.1. The second kappa shape index (κ2) is 8.02. The lowest BCUT2D eigenvalue weighted by molar-refractivity contribution is -0.137. The predicted molar refractivity (Wildman–Crippen MR) is 105 cm³/mol. The highest BCUT2D eigenvalue weighted by Crippen LogP contribution is 2.31. The van der Waals surface area contributed by atoms with E-state index in [1.807, 2.05) is 6.07 Å².